The van der Waals surface area contributed by atoms with Gasteiger partial charge in [-0.3, -0.25) is 0 Å². The van der Waals surface area contributed by atoms with Crippen molar-refractivity contribution in [3.05, 3.63) is 0 Å². The standard InChI is InChI=1S/C3H8FNOP/c1-3(2)5-7(4)6/h3H,1-2H3,(H,5,6)/q+1. The van der Waals surface area contributed by atoms with Crippen molar-refractivity contribution < 1.29 is 8.76 Å². The van der Waals surface area contributed by atoms with Crippen LogP contribution < -0.4 is 5.09 Å². The Kier molecular flexibility index (Phi) is 3.05. The Labute approximate surface area is 43.1 Å². The molecule has 42 valence electrons. The fraction of sp³-hybridized carbons (Fsp3) is 1.00. The van der Waals surface area contributed by atoms with E-state index in [1.165, 1.54) is 0 Å². The van der Waals surface area contributed by atoms with Gasteiger partial charge in [0.1, 0.15) is 0 Å². The van der Waals surface area contributed by atoms with Crippen molar-refractivity contribution in [3.8, 4) is 0 Å². The maximum Gasteiger partial charge on any atom is 0.660 e. The molecule has 0 radical (unpaired) electrons. The van der Waals surface area contributed by atoms with Gasteiger partial charge < -0.3 is 0 Å². The SMILES string of the molecule is CC(C)N[P+](=O)F. The van der Waals surface area contributed by atoms with Crippen LogP contribution in [-0.2, 0) is 4.57 Å². The van der Waals surface area contributed by atoms with E-state index in [1.807, 2.05) is 0 Å². The summed E-state index contributed by atoms with van der Waals surface area (Å²) >= 11 is 0. The van der Waals surface area contributed by atoms with Gasteiger partial charge in [0.2, 0.25) is 0 Å². The van der Waals surface area contributed by atoms with Crippen LogP contribution >= 0.6 is 8.26 Å². The summed E-state index contributed by atoms with van der Waals surface area (Å²) in [7, 11) is -2.64. The lowest BCUT2D eigenvalue weighted by Gasteiger charge is -1.87. The molecule has 4 heteroatoms. The summed E-state index contributed by atoms with van der Waals surface area (Å²) in [5.41, 5.74) is 0. The van der Waals surface area contributed by atoms with E-state index >= 15 is 0 Å². The lowest BCUT2D eigenvalue weighted by molar-refractivity contribution is 0.539. The predicted molar refractivity (Wildman–Crippen MR) is 27.0 cm³/mol. The van der Waals surface area contributed by atoms with Crippen molar-refractivity contribution >= 4 is 8.26 Å². The molecule has 7 heavy (non-hydrogen) atoms. The fourth-order valence-electron chi connectivity index (χ4n) is 0.203. The summed E-state index contributed by atoms with van der Waals surface area (Å²) in [5.74, 6) is 0. The first kappa shape index (κ1) is 6.99. The molecule has 1 atom stereocenters. The second-order valence-corrected chi connectivity index (χ2v) is 2.28. The lowest BCUT2D eigenvalue weighted by Crippen LogP contribution is -2.11. The highest BCUT2D eigenvalue weighted by atomic mass is 31.1. The van der Waals surface area contributed by atoms with E-state index in [1.54, 1.807) is 13.8 Å². The molecular weight excluding hydrogens is 116 g/mol. The molecule has 0 aliphatic rings. The van der Waals surface area contributed by atoms with Crippen LogP contribution in [0.3, 0.4) is 0 Å². The van der Waals surface area contributed by atoms with Crippen LogP contribution in [0.15, 0.2) is 0 Å². The van der Waals surface area contributed by atoms with Crippen LogP contribution in [0.5, 0.6) is 0 Å². The second kappa shape index (κ2) is 3.05. The third kappa shape index (κ3) is 5.99. The number of nitrogens with one attached hydrogen (secondary N) is 1. The van der Waals surface area contributed by atoms with Crippen molar-refractivity contribution in [2.45, 2.75) is 19.9 Å². The highest BCUT2D eigenvalue weighted by Gasteiger charge is 2.13. The number of rotatable bonds is 2. The van der Waals surface area contributed by atoms with Gasteiger partial charge >= 0.3 is 8.26 Å². The number of hydrogen-bond donors (Lipinski definition) is 1. The second-order valence-electron chi connectivity index (χ2n) is 1.53. The Morgan fingerprint density at radius 2 is 2.14 bits per heavy atom. The van der Waals surface area contributed by atoms with Gasteiger partial charge in [-0.05, 0) is 18.4 Å². The van der Waals surface area contributed by atoms with Crippen molar-refractivity contribution in [1.82, 2.24) is 5.09 Å². The molecule has 0 fully saturated rings. The molecule has 0 aromatic carbocycles. The average molecular weight is 124 g/mol. The highest BCUT2D eigenvalue weighted by molar-refractivity contribution is 7.36. The summed E-state index contributed by atoms with van der Waals surface area (Å²) in [4.78, 5) is 0. The van der Waals surface area contributed by atoms with Crippen molar-refractivity contribution in [3.63, 3.8) is 0 Å². The largest absolute Gasteiger partial charge is 0.660 e. The molecule has 0 amide bonds. The minimum atomic E-state index is -2.64. The molecule has 1 unspecified atom stereocenters. The smallest absolute Gasteiger partial charge is 0.0730 e. The van der Waals surface area contributed by atoms with E-state index in [-0.39, 0.29) is 6.04 Å². The van der Waals surface area contributed by atoms with Crippen LogP contribution in [0, 0.1) is 0 Å². The maximum absolute atomic E-state index is 11.4. The minimum Gasteiger partial charge on any atom is -0.0730 e. The number of hydrogen-bond acceptors (Lipinski definition) is 1. The fourth-order valence-corrected chi connectivity index (χ4v) is 0.609. The molecule has 2 nitrogen and oxygen atoms in total. The van der Waals surface area contributed by atoms with Crippen molar-refractivity contribution in [2.24, 2.45) is 0 Å². The van der Waals surface area contributed by atoms with E-state index in [9.17, 15) is 8.76 Å². The maximum atomic E-state index is 11.4. The molecule has 0 saturated carbocycles. The Bertz CT molecular complexity index is 75.3. The van der Waals surface area contributed by atoms with E-state index < -0.39 is 8.26 Å². The van der Waals surface area contributed by atoms with Crippen molar-refractivity contribution in [1.29, 1.82) is 0 Å². The van der Waals surface area contributed by atoms with Gasteiger partial charge in [0.15, 0.2) is 0 Å². The summed E-state index contributed by atoms with van der Waals surface area (Å²) in [6, 6.07) is -0.0337. The normalized spacial score (nSPS) is 12.3. The van der Waals surface area contributed by atoms with Gasteiger partial charge in [-0.25, -0.2) is 0 Å². The molecule has 0 aromatic heterocycles. The summed E-state index contributed by atoms with van der Waals surface area (Å²) in [5, 5.41) is 2.15. The zero-order valence-electron chi connectivity index (χ0n) is 4.31. The molecule has 0 aromatic rings. The molecule has 1 N–H and O–H groups in total. The van der Waals surface area contributed by atoms with E-state index in [2.05, 4.69) is 5.09 Å². The van der Waals surface area contributed by atoms with Crippen LogP contribution in [0.25, 0.3) is 0 Å². The Morgan fingerprint density at radius 1 is 1.71 bits per heavy atom. The molecule has 0 rings (SSSR count). The van der Waals surface area contributed by atoms with Gasteiger partial charge in [0.25, 0.3) is 0 Å². The monoisotopic (exact) mass is 124 g/mol. The van der Waals surface area contributed by atoms with Gasteiger partial charge in [-0.2, -0.15) is 0 Å². The van der Waals surface area contributed by atoms with E-state index in [4.69, 9.17) is 0 Å². The first-order valence-corrected chi connectivity index (χ1v) is 3.17. The topological polar surface area (TPSA) is 29.1 Å². The Hall–Kier alpha value is -0.0100. The molecule has 0 spiro atoms. The van der Waals surface area contributed by atoms with Crippen molar-refractivity contribution in [2.75, 3.05) is 0 Å². The first-order valence-electron chi connectivity index (χ1n) is 2.02. The lowest BCUT2D eigenvalue weighted by atomic mass is 10.4. The zero-order chi connectivity index (χ0) is 5.86. The number of halogens is 1. The van der Waals surface area contributed by atoms with Crippen LogP contribution in [0.2, 0.25) is 0 Å². The van der Waals surface area contributed by atoms with Gasteiger partial charge in [-0.15, -0.1) is 0 Å². The zero-order valence-corrected chi connectivity index (χ0v) is 5.21. The Balaban J connectivity index is 3.13. The minimum absolute atomic E-state index is 0.0337. The summed E-state index contributed by atoms with van der Waals surface area (Å²) < 4.78 is 21.0. The van der Waals surface area contributed by atoms with Crippen LogP contribution in [0.1, 0.15) is 13.8 Å². The third-order valence-corrected chi connectivity index (χ3v) is 1.08. The van der Waals surface area contributed by atoms with Gasteiger partial charge in [0, 0.05) is 6.04 Å². The first-order chi connectivity index (χ1) is 3.13. The van der Waals surface area contributed by atoms with Gasteiger partial charge in [-0.1, -0.05) is 5.09 Å². The molecular formula is C3H8FNOP+. The molecule has 0 aliphatic carbocycles. The summed E-state index contributed by atoms with van der Waals surface area (Å²) in [6.45, 7) is 3.46. The molecule has 0 aliphatic heterocycles. The molecule has 0 saturated heterocycles. The molecule has 0 bridgehead atoms. The summed E-state index contributed by atoms with van der Waals surface area (Å²) in [6.07, 6.45) is 0. The van der Waals surface area contributed by atoms with Crippen LogP contribution in [0.4, 0.5) is 4.20 Å². The van der Waals surface area contributed by atoms with E-state index in [0.29, 0.717) is 0 Å². The molecule has 0 heterocycles. The highest BCUT2D eigenvalue weighted by Crippen LogP contribution is 2.14. The predicted octanol–water partition coefficient (Wildman–Crippen LogP) is 1.61. The van der Waals surface area contributed by atoms with Crippen LogP contribution in [-0.4, -0.2) is 6.04 Å². The van der Waals surface area contributed by atoms with E-state index in [0.717, 1.165) is 0 Å². The quantitative estimate of drug-likeness (QED) is 0.566. The van der Waals surface area contributed by atoms with Gasteiger partial charge in [0.05, 0.1) is 4.20 Å². The Morgan fingerprint density at radius 3 is 2.14 bits per heavy atom. The average Bonchev–Trinajstić information content (AvgIpc) is 1.27. The third-order valence-electron chi connectivity index (χ3n) is 0.360.